The summed E-state index contributed by atoms with van der Waals surface area (Å²) in [5, 5.41) is 12.2. The molecule has 2 aromatic rings. The second kappa shape index (κ2) is 10.4. The maximum Gasteiger partial charge on any atom is 0.276 e. The summed E-state index contributed by atoms with van der Waals surface area (Å²) >= 11 is 0. The van der Waals surface area contributed by atoms with Crippen LogP contribution in [0.1, 0.15) is 29.0 Å². The smallest absolute Gasteiger partial charge is 0.276 e. The van der Waals surface area contributed by atoms with Crippen molar-refractivity contribution < 1.29 is 14.3 Å². The van der Waals surface area contributed by atoms with Crippen molar-refractivity contribution in [1.29, 1.82) is 0 Å². The SMILES string of the molecule is COCCOc1ccc(-n2nc(C)c(C(=O)N(C)C3CCNCC3)n2)cc1.Cl. The molecule has 1 aliphatic heterocycles. The summed E-state index contributed by atoms with van der Waals surface area (Å²) in [6.07, 6.45) is 1.92. The van der Waals surface area contributed by atoms with Gasteiger partial charge in [-0.2, -0.15) is 9.90 Å². The highest BCUT2D eigenvalue weighted by Gasteiger charge is 2.26. The fraction of sp³-hybridized carbons (Fsp3) is 0.526. The summed E-state index contributed by atoms with van der Waals surface area (Å²) in [6.45, 7) is 4.73. The molecule has 0 aliphatic carbocycles. The number of nitrogens with one attached hydrogen (secondary N) is 1. The van der Waals surface area contributed by atoms with E-state index in [0.717, 1.165) is 37.4 Å². The minimum absolute atomic E-state index is 0. The summed E-state index contributed by atoms with van der Waals surface area (Å²) in [4.78, 5) is 16.2. The topological polar surface area (TPSA) is 81.5 Å². The lowest BCUT2D eigenvalue weighted by Gasteiger charge is -2.31. The Kier molecular flexibility index (Phi) is 8.22. The molecule has 1 aromatic heterocycles. The molecule has 3 rings (SSSR count). The maximum absolute atomic E-state index is 12.9. The highest BCUT2D eigenvalue weighted by Crippen LogP contribution is 2.17. The predicted molar refractivity (Wildman–Crippen MR) is 109 cm³/mol. The van der Waals surface area contributed by atoms with E-state index in [0.29, 0.717) is 24.6 Å². The van der Waals surface area contributed by atoms with Crippen molar-refractivity contribution in [2.24, 2.45) is 0 Å². The van der Waals surface area contributed by atoms with Crippen molar-refractivity contribution >= 4 is 18.3 Å². The lowest BCUT2D eigenvalue weighted by Crippen LogP contribution is -2.44. The van der Waals surface area contributed by atoms with Crippen LogP contribution >= 0.6 is 12.4 Å². The first-order valence-electron chi connectivity index (χ1n) is 9.24. The van der Waals surface area contributed by atoms with Crippen LogP contribution in [0, 0.1) is 6.92 Å². The van der Waals surface area contributed by atoms with E-state index in [1.165, 1.54) is 4.80 Å². The van der Waals surface area contributed by atoms with Gasteiger partial charge in [0.05, 0.1) is 18.0 Å². The summed E-state index contributed by atoms with van der Waals surface area (Å²) < 4.78 is 10.5. The maximum atomic E-state index is 12.9. The van der Waals surface area contributed by atoms with Crippen molar-refractivity contribution in [2.75, 3.05) is 40.5 Å². The average molecular weight is 410 g/mol. The molecule has 0 atom stereocenters. The largest absolute Gasteiger partial charge is 0.491 e. The number of halogens is 1. The van der Waals surface area contributed by atoms with E-state index in [-0.39, 0.29) is 24.4 Å². The van der Waals surface area contributed by atoms with Gasteiger partial charge in [-0.3, -0.25) is 4.79 Å². The van der Waals surface area contributed by atoms with Crippen molar-refractivity contribution in [3.8, 4) is 11.4 Å². The highest BCUT2D eigenvalue weighted by molar-refractivity contribution is 5.93. The van der Waals surface area contributed by atoms with Gasteiger partial charge >= 0.3 is 0 Å². The molecule has 1 aromatic carbocycles. The number of ether oxygens (including phenoxy) is 2. The zero-order chi connectivity index (χ0) is 19.2. The van der Waals surface area contributed by atoms with Crippen LogP contribution in [0.25, 0.3) is 5.69 Å². The van der Waals surface area contributed by atoms with E-state index >= 15 is 0 Å². The summed E-state index contributed by atoms with van der Waals surface area (Å²) in [7, 11) is 3.49. The molecule has 1 fully saturated rings. The fourth-order valence-corrected chi connectivity index (χ4v) is 3.14. The number of hydrogen-bond acceptors (Lipinski definition) is 6. The van der Waals surface area contributed by atoms with Crippen molar-refractivity contribution in [1.82, 2.24) is 25.2 Å². The number of piperidine rings is 1. The van der Waals surface area contributed by atoms with E-state index in [1.54, 1.807) is 12.0 Å². The Morgan fingerprint density at radius 1 is 1.21 bits per heavy atom. The zero-order valence-corrected chi connectivity index (χ0v) is 17.4. The molecule has 1 aliphatic rings. The van der Waals surface area contributed by atoms with Crippen LogP contribution in [-0.2, 0) is 4.74 Å². The van der Waals surface area contributed by atoms with E-state index in [1.807, 2.05) is 38.2 Å². The zero-order valence-electron chi connectivity index (χ0n) is 16.6. The van der Waals surface area contributed by atoms with Gasteiger partial charge in [0, 0.05) is 20.2 Å². The highest BCUT2D eigenvalue weighted by atomic mass is 35.5. The van der Waals surface area contributed by atoms with Crippen molar-refractivity contribution in [3.05, 3.63) is 35.7 Å². The second-order valence-corrected chi connectivity index (χ2v) is 6.66. The molecule has 28 heavy (non-hydrogen) atoms. The average Bonchev–Trinajstić information content (AvgIpc) is 3.10. The number of aryl methyl sites for hydroxylation is 1. The Morgan fingerprint density at radius 2 is 1.89 bits per heavy atom. The molecule has 0 radical (unpaired) electrons. The molecule has 0 unspecified atom stereocenters. The Labute approximate surface area is 171 Å². The third kappa shape index (κ3) is 5.21. The summed E-state index contributed by atoms with van der Waals surface area (Å²) in [5.41, 5.74) is 1.80. The number of hydrogen-bond donors (Lipinski definition) is 1. The van der Waals surface area contributed by atoms with Gasteiger partial charge in [-0.1, -0.05) is 0 Å². The number of carbonyl (C=O) groups is 1. The van der Waals surface area contributed by atoms with Crippen LogP contribution in [-0.4, -0.2) is 72.3 Å². The number of aromatic nitrogens is 3. The molecule has 0 spiro atoms. The Morgan fingerprint density at radius 3 is 2.54 bits per heavy atom. The Bertz CT molecular complexity index is 759. The molecular formula is C19H28ClN5O3. The monoisotopic (exact) mass is 409 g/mol. The van der Waals surface area contributed by atoms with Crippen LogP contribution in [0.2, 0.25) is 0 Å². The molecule has 1 N–H and O–H groups in total. The number of carbonyl (C=O) groups excluding carboxylic acids is 1. The van der Waals surface area contributed by atoms with Crippen LogP contribution in [0.15, 0.2) is 24.3 Å². The fourth-order valence-electron chi connectivity index (χ4n) is 3.14. The molecule has 8 nitrogen and oxygen atoms in total. The lowest BCUT2D eigenvalue weighted by molar-refractivity contribution is 0.0696. The number of rotatable bonds is 7. The van der Waals surface area contributed by atoms with Crippen LogP contribution in [0.4, 0.5) is 0 Å². The van der Waals surface area contributed by atoms with Gasteiger partial charge in [0.2, 0.25) is 0 Å². The van der Waals surface area contributed by atoms with Gasteiger partial charge in [0.25, 0.3) is 5.91 Å². The summed E-state index contributed by atoms with van der Waals surface area (Å²) in [5.74, 6) is 0.673. The molecule has 154 valence electrons. The molecule has 0 bridgehead atoms. The molecule has 9 heteroatoms. The first kappa shape index (κ1) is 22.1. The minimum Gasteiger partial charge on any atom is -0.491 e. The van der Waals surface area contributed by atoms with E-state index < -0.39 is 0 Å². The second-order valence-electron chi connectivity index (χ2n) is 6.66. The molecule has 2 heterocycles. The molecule has 1 amide bonds. The standard InChI is InChI=1S/C19H27N5O3.ClH/c1-14-18(19(25)23(2)15-8-10-20-11-9-15)22-24(21-14)16-4-6-17(7-5-16)27-13-12-26-3;/h4-7,15,20H,8-13H2,1-3H3;1H. The van der Waals surface area contributed by atoms with Crippen molar-refractivity contribution in [2.45, 2.75) is 25.8 Å². The number of methoxy groups -OCH3 is 1. The third-order valence-corrected chi connectivity index (χ3v) is 4.79. The number of nitrogens with zero attached hydrogens (tertiary/aromatic N) is 4. The normalized spacial score (nSPS) is 14.4. The van der Waals surface area contributed by atoms with Gasteiger partial charge in [0.1, 0.15) is 12.4 Å². The predicted octanol–water partition coefficient (Wildman–Crippen LogP) is 1.85. The Hall–Kier alpha value is -2.16. The van der Waals surface area contributed by atoms with Gasteiger partial charge in [-0.05, 0) is 57.1 Å². The van der Waals surface area contributed by atoms with E-state index in [9.17, 15) is 4.79 Å². The van der Waals surface area contributed by atoms with Gasteiger partial charge in [-0.25, -0.2) is 0 Å². The van der Waals surface area contributed by atoms with Gasteiger partial charge in [0.15, 0.2) is 5.69 Å². The molecular weight excluding hydrogens is 382 g/mol. The first-order valence-corrected chi connectivity index (χ1v) is 9.24. The van der Waals surface area contributed by atoms with E-state index in [4.69, 9.17) is 9.47 Å². The number of amides is 1. The first-order chi connectivity index (χ1) is 13.1. The quantitative estimate of drug-likeness (QED) is 0.703. The minimum atomic E-state index is -0.0785. The third-order valence-electron chi connectivity index (χ3n) is 4.79. The summed E-state index contributed by atoms with van der Waals surface area (Å²) in [6, 6.07) is 7.68. The molecule has 1 saturated heterocycles. The van der Waals surface area contributed by atoms with Gasteiger partial charge in [-0.15, -0.1) is 17.5 Å². The Balaban J connectivity index is 0.00000280. The molecule has 0 saturated carbocycles. The van der Waals surface area contributed by atoms with Crippen LogP contribution in [0.3, 0.4) is 0 Å². The number of benzene rings is 1. The van der Waals surface area contributed by atoms with E-state index in [2.05, 4.69) is 15.5 Å². The lowest BCUT2D eigenvalue weighted by atomic mass is 10.0. The van der Waals surface area contributed by atoms with Crippen molar-refractivity contribution in [3.63, 3.8) is 0 Å². The van der Waals surface area contributed by atoms with Gasteiger partial charge < -0.3 is 19.7 Å². The van der Waals surface area contributed by atoms with Crippen LogP contribution < -0.4 is 10.1 Å². The van der Waals surface area contributed by atoms with Crippen LogP contribution in [0.5, 0.6) is 5.75 Å².